The standard InChI is InChI=1S/C13H23NO3/c1-13(2,15-4)5-6-16-10-12-7-11(8-14-3)9-17-12/h7,9,14H,5-6,8,10H2,1-4H3. The summed E-state index contributed by atoms with van der Waals surface area (Å²) in [4.78, 5) is 0. The largest absolute Gasteiger partial charge is 0.467 e. The van der Waals surface area contributed by atoms with E-state index < -0.39 is 0 Å². The summed E-state index contributed by atoms with van der Waals surface area (Å²) in [6.07, 6.45) is 2.63. The van der Waals surface area contributed by atoms with Crippen LogP contribution in [0.15, 0.2) is 16.7 Å². The summed E-state index contributed by atoms with van der Waals surface area (Å²) in [6.45, 7) is 6.11. The molecular formula is C13H23NO3. The molecule has 1 aromatic rings. The van der Waals surface area contributed by atoms with Crippen molar-refractivity contribution in [2.24, 2.45) is 0 Å². The molecule has 0 bridgehead atoms. The maximum Gasteiger partial charge on any atom is 0.129 e. The molecule has 0 aliphatic rings. The van der Waals surface area contributed by atoms with Gasteiger partial charge in [0.2, 0.25) is 0 Å². The summed E-state index contributed by atoms with van der Waals surface area (Å²) >= 11 is 0. The van der Waals surface area contributed by atoms with E-state index in [1.807, 2.05) is 27.0 Å². The Bertz CT molecular complexity index is 320. The summed E-state index contributed by atoms with van der Waals surface area (Å²) in [5.41, 5.74) is 1.02. The molecule has 0 aliphatic carbocycles. The molecule has 0 aliphatic heterocycles. The topological polar surface area (TPSA) is 43.6 Å². The molecule has 0 spiro atoms. The lowest BCUT2D eigenvalue weighted by Crippen LogP contribution is -2.24. The molecule has 0 radical (unpaired) electrons. The molecule has 0 unspecified atom stereocenters. The predicted octanol–water partition coefficient (Wildman–Crippen LogP) is 2.33. The summed E-state index contributed by atoms with van der Waals surface area (Å²) in [5, 5.41) is 3.07. The van der Waals surface area contributed by atoms with Crippen molar-refractivity contribution >= 4 is 0 Å². The Morgan fingerprint density at radius 3 is 2.82 bits per heavy atom. The van der Waals surface area contributed by atoms with E-state index in [-0.39, 0.29) is 5.60 Å². The molecule has 0 aromatic carbocycles. The maximum absolute atomic E-state index is 5.55. The molecule has 4 nitrogen and oxygen atoms in total. The number of furan rings is 1. The SMILES string of the molecule is CNCc1coc(COCCC(C)(C)OC)c1. The van der Waals surface area contributed by atoms with Gasteiger partial charge in [-0.1, -0.05) is 0 Å². The third-order valence-corrected chi connectivity index (χ3v) is 2.73. The number of hydrogen-bond acceptors (Lipinski definition) is 4. The smallest absolute Gasteiger partial charge is 0.129 e. The van der Waals surface area contributed by atoms with Crippen molar-refractivity contribution in [3.8, 4) is 0 Å². The van der Waals surface area contributed by atoms with Crippen LogP contribution < -0.4 is 5.32 Å². The van der Waals surface area contributed by atoms with Gasteiger partial charge in [0, 0.05) is 25.8 Å². The highest BCUT2D eigenvalue weighted by atomic mass is 16.5. The van der Waals surface area contributed by atoms with Crippen LogP contribution in [-0.4, -0.2) is 26.4 Å². The van der Waals surface area contributed by atoms with Gasteiger partial charge in [-0.25, -0.2) is 0 Å². The first kappa shape index (κ1) is 14.2. The van der Waals surface area contributed by atoms with E-state index in [0.717, 1.165) is 24.3 Å². The fraction of sp³-hybridized carbons (Fsp3) is 0.692. The molecule has 1 heterocycles. The molecule has 0 saturated carbocycles. The first-order valence-corrected chi connectivity index (χ1v) is 5.91. The third kappa shape index (κ3) is 5.35. The van der Waals surface area contributed by atoms with Crippen LogP contribution in [0.1, 0.15) is 31.6 Å². The molecule has 1 aromatic heterocycles. The molecule has 0 atom stereocenters. The van der Waals surface area contributed by atoms with Crippen molar-refractivity contribution in [3.05, 3.63) is 23.7 Å². The number of rotatable bonds is 8. The zero-order chi connectivity index (χ0) is 12.7. The van der Waals surface area contributed by atoms with Crippen LogP contribution in [0.4, 0.5) is 0 Å². The molecule has 1 N–H and O–H groups in total. The van der Waals surface area contributed by atoms with E-state index in [2.05, 4.69) is 5.32 Å². The second-order valence-corrected chi connectivity index (χ2v) is 4.72. The Kier molecular flexibility index (Phi) is 5.68. The molecule has 1 rings (SSSR count). The van der Waals surface area contributed by atoms with Gasteiger partial charge in [-0.3, -0.25) is 0 Å². The number of methoxy groups -OCH3 is 1. The van der Waals surface area contributed by atoms with Crippen LogP contribution in [0.2, 0.25) is 0 Å². The van der Waals surface area contributed by atoms with E-state index >= 15 is 0 Å². The van der Waals surface area contributed by atoms with Gasteiger partial charge in [0.1, 0.15) is 12.4 Å². The number of nitrogens with one attached hydrogen (secondary N) is 1. The quantitative estimate of drug-likeness (QED) is 0.709. The molecule has 0 saturated heterocycles. The highest BCUT2D eigenvalue weighted by molar-refractivity contribution is 5.11. The Balaban J connectivity index is 2.22. The Morgan fingerprint density at radius 1 is 1.41 bits per heavy atom. The van der Waals surface area contributed by atoms with Crippen molar-refractivity contribution in [1.29, 1.82) is 0 Å². The highest BCUT2D eigenvalue weighted by Gasteiger charge is 2.15. The zero-order valence-corrected chi connectivity index (χ0v) is 11.2. The third-order valence-electron chi connectivity index (χ3n) is 2.73. The van der Waals surface area contributed by atoms with Gasteiger partial charge in [0.25, 0.3) is 0 Å². The fourth-order valence-electron chi connectivity index (χ4n) is 1.39. The fourth-order valence-corrected chi connectivity index (χ4v) is 1.39. The van der Waals surface area contributed by atoms with Gasteiger partial charge in [-0.05, 0) is 33.4 Å². The molecular weight excluding hydrogens is 218 g/mol. The zero-order valence-electron chi connectivity index (χ0n) is 11.2. The maximum atomic E-state index is 5.55. The second-order valence-electron chi connectivity index (χ2n) is 4.72. The Morgan fingerprint density at radius 2 is 2.18 bits per heavy atom. The van der Waals surface area contributed by atoms with Gasteiger partial charge < -0.3 is 19.2 Å². The normalized spacial score (nSPS) is 12.0. The monoisotopic (exact) mass is 241 g/mol. The summed E-state index contributed by atoms with van der Waals surface area (Å²) < 4.78 is 16.2. The van der Waals surface area contributed by atoms with Crippen LogP contribution in [0.5, 0.6) is 0 Å². The Labute approximate surface area is 103 Å². The van der Waals surface area contributed by atoms with Crippen molar-refractivity contribution in [2.75, 3.05) is 20.8 Å². The van der Waals surface area contributed by atoms with E-state index in [0.29, 0.717) is 13.2 Å². The minimum Gasteiger partial charge on any atom is -0.467 e. The van der Waals surface area contributed by atoms with Crippen molar-refractivity contribution in [2.45, 2.75) is 39.0 Å². The van der Waals surface area contributed by atoms with Crippen LogP contribution in [0.25, 0.3) is 0 Å². The summed E-state index contributed by atoms with van der Waals surface area (Å²) in [6, 6.07) is 2.01. The van der Waals surface area contributed by atoms with Crippen LogP contribution in [-0.2, 0) is 22.6 Å². The summed E-state index contributed by atoms with van der Waals surface area (Å²) in [5.74, 6) is 0.866. The van der Waals surface area contributed by atoms with E-state index in [9.17, 15) is 0 Å². The molecule has 98 valence electrons. The minimum atomic E-state index is -0.125. The number of ether oxygens (including phenoxy) is 2. The van der Waals surface area contributed by atoms with Crippen molar-refractivity contribution in [3.63, 3.8) is 0 Å². The van der Waals surface area contributed by atoms with Crippen molar-refractivity contribution < 1.29 is 13.9 Å². The highest BCUT2D eigenvalue weighted by Crippen LogP contribution is 2.14. The van der Waals surface area contributed by atoms with E-state index in [4.69, 9.17) is 13.9 Å². The average Bonchev–Trinajstić information content (AvgIpc) is 2.73. The first-order chi connectivity index (χ1) is 8.07. The minimum absolute atomic E-state index is 0.125. The van der Waals surface area contributed by atoms with Gasteiger partial charge in [0.15, 0.2) is 0 Å². The molecule has 0 fully saturated rings. The average molecular weight is 241 g/mol. The van der Waals surface area contributed by atoms with Gasteiger partial charge in [-0.2, -0.15) is 0 Å². The molecule has 17 heavy (non-hydrogen) atoms. The lowest BCUT2D eigenvalue weighted by Gasteiger charge is -2.22. The number of hydrogen-bond donors (Lipinski definition) is 1. The van der Waals surface area contributed by atoms with Gasteiger partial charge in [-0.15, -0.1) is 0 Å². The summed E-state index contributed by atoms with van der Waals surface area (Å²) in [7, 11) is 3.63. The second kappa shape index (κ2) is 6.79. The predicted molar refractivity (Wildman–Crippen MR) is 66.8 cm³/mol. The molecule has 0 amide bonds. The van der Waals surface area contributed by atoms with Gasteiger partial charge in [0.05, 0.1) is 11.9 Å². The lowest BCUT2D eigenvalue weighted by atomic mass is 10.1. The molecule has 4 heteroatoms. The van der Waals surface area contributed by atoms with Crippen LogP contribution in [0.3, 0.4) is 0 Å². The van der Waals surface area contributed by atoms with Crippen molar-refractivity contribution in [1.82, 2.24) is 5.32 Å². The van der Waals surface area contributed by atoms with E-state index in [1.165, 1.54) is 0 Å². The van der Waals surface area contributed by atoms with Gasteiger partial charge >= 0.3 is 0 Å². The van der Waals surface area contributed by atoms with Crippen LogP contribution >= 0.6 is 0 Å². The lowest BCUT2D eigenvalue weighted by molar-refractivity contribution is -0.0143. The van der Waals surface area contributed by atoms with E-state index in [1.54, 1.807) is 13.4 Å². The Hall–Kier alpha value is -0.840. The first-order valence-electron chi connectivity index (χ1n) is 5.91. The van der Waals surface area contributed by atoms with Crippen LogP contribution in [0, 0.1) is 0 Å².